The van der Waals surface area contributed by atoms with Crippen molar-refractivity contribution in [1.82, 2.24) is 15.3 Å². The summed E-state index contributed by atoms with van der Waals surface area (Å²) in [6.07, 6.45) is 7.84. The van der Waals surface area contributed by atoms with E-state index in [1.165, 1.54) is 12.5 Å². The lowest BCUT2D eigenvalue weighted by atomic mass is 10.1. The van der Waals surface area contributed by atoms with E-state index in [0.717, 1.165) is 0 Å². The highest BCUT2D eigenvalue weighted by atomic mass is 16.4. The molecule has 1 atom stereocenters. The van der Waals surface area contributed by atoms with Crippen LogP contribution in [0.2, 0.25) is 0 Å². The van der Waals surface area contributed by atoms with Gasteiger partial charge in [0, 0.05) is 18.3 Å². The van der Waals surface area contributed by atoms with E-state index in [1.54, 1.807) is 5.92 Å². The van der Waals surface area contributed by atoms with Crippen LogP contribution in [0.3, 0.4) is 0 Å². The van der Waals surface area contributed by atoms with E-state index in [2.05, 4.69) is 15.3 Å². The largest absolute Gasteiger partial charge is 0.480 e. The number of hydrogen-bond acceptors (Lipinski definition) is 3. The van der Waals surface area contributed by atoms with Crippen molar-refractivity contribution in [3.8, 4) is 12.3 Å². The predicted octanol–water partition coefficient (Wildman–Crippen LogP) is -0.845. The van der Waals surface area contributed by atoms with Gasteiger partial charge in [-0.2, -0.15) is 0 Å². The Morgan fingerprint density at radius 1 is 1.73 bits per heavy atom. The van der Waals surface area contributed by atoms with Crippen molar-refractivity contribution in [2.45, 2.75) is 12.5 Å². The maximum atomic E-state index is 10.8. The van der Waals surface area contributed by atoms with Gasteiger partial charge in [0.25, 0.3) is 5.91 Å². The highest BCUT2D eigenvalue weighted by Gasteiger charge is 2.19. The first-order valence-electron chi connectivity index (χ1n) is 4.10. The molecule has 1 aromatic heterocycles. The van der Waals surface area contributed by atoms with Gasteiger partial charge in [0.2, 0.25) is 0 Å². The van der Waals surface area contributed by atoms with Crippen molar-refractivity contribution in [2.24, 2.45) is 0 Å². The normalized spacial score (nSPS) is 11.4. The molecule has 0 saturated heterocycles. The molecule has 1 unspecified atom stereocenters. The molecule has 0 bridgehead atoms. The quantitative estimate of drug-likeness (QED) is 0.561. The third kappa shape index (κ3) is 3.15. The first-order valence-corrected chi connectivity index (χ1v) is 4.10. The van der Waals surface area contributed by atoms with E-state index >= 15 is 0 Å². The average Bonchev–Trinajstić information content (AvgIpc) is 2.69. The number of carboxylic acid groups (broad SMARTS) is 1. The Hall–Kier alpha value is -2.29. The molecule has 0 aliphatic carbocycles. The van der Waals surface area contributed by atoms with Crippen LogP contribution < -0.4 is 5.32 Å². The van der Waals surface area contributed by atoms with Crippen molar-refractivity contribution in [3.63, 3.8) is 0 Å². The number of carbonyl (C=O) groups excluding carboxylic acids is 1. The topological polar surface area (TPSA) is 95.1 Å². The Balaban J connectivity index is 2.64. The Kier molecular flexibility index (Phi) is 3.46. The minimum atomic E-state index is -1.15. The molecular weight excluding hydrogens is 198 g/mol. The number of hydrogen-bond donors (Lipinski definition) is 3. The van der Waals surface area contributed by atoms with Gasteiger partial charge in [-0.1, -0.05) is 0 Å². The van der Waals surface area contributed by atoms with Gasteiger partial charge in [-0.3, -0.25) is 4.79 Å². The van der Waals surface area contributed by atoms with Crippen molar-refractivity contribution in [1.29, 1.82) is 0 Å². The molecule has 78 valence electrons. The second-order valence-electron chi connectivity index (χ2n) is 2.79. The fraction of sp³-hybridized carbons (Fsp3) is 0.222. The number of amides is 1. The Labute approximate surface area is 85.7 Å². The third-order valence-electron chi connectivity index (χ3n) is 1.71. The van der Waals surface area contributed by atoms with Gasteiger partial charge >= 0.3 is 5.97 Å². The Morgan fingerprint density at radius 3 is 2.93 bits per heavy atom. The molecule has 0 saturated carbocycles. The first kappa shape index (κ1) is 10.8. The van der Waals surface area contributed by atoms with Crippen LogP contribution in [0.25, 0.3) is 0 Å². The first-order chi connectivity index (χ1) is 7.13. The summed E-state index contributed by atoms with van der Waals surface area (Å²) in [5, 5.41) is 11.0. The number of H-pyrrole nitrogens is 1. The van der Waals surface area contributed by atoms with Gasteiger partial charge in [-0.25, -0.2) is 9.78 Å². The summed E-state index contributed by atoms with van der Waals surface area (Å²) in [6, 6.07) is -1.05. The zero-order valence-corrected chi connectivity index (χ0v) is 7.73. The summed E-state index contributed by atoms with van der Waals surface area (Å²) in [5.41, 5.74) is 0.611. The zero-order chi connectivity index (χ0) is 11.3. The summed E-state index contributed by atoms with van der Waals surface area (Å²) in [6.45, 7) is 0. The number of imidazole rings is 1. The van der Waals surface area contributed by atoms with Crippen LogP contribution in [0.5, 0.6) is 0 Å². The summed E-state index contributed by atoms with van der Waals surface area (Å²) in [7, 11) is 0. The summed E-state index contributed by atoms with van der Waals surface area (Å²) in [5.74, 6) is -0.103. The lowest BCUT2D eigenvalue weighted by Gasteiger charge is -2.10. The number of aromatic nitrogens is 2. The third-order valence-corrected chi connectivity index (χ3v) is 1.71. The van der Waals surface area contributed by atoms with Gasteiger partial charge in [-0.05, 0) is 5.92 Å². The van der Waals surface area contributed by atoms with Crippen molar-refractivity contribution >= 4 is 11.9 Å². The monoisotopic (exact) mass is 207 g/mol. The van der Waals surface area contributed by atoms with Crippen molar-refractivity contribution in [2.75, 3.05) is 0 Å². The minimum absolute atomic E-state index is 0.114. The van der Waals surface area contributed by atoms with Gasteiger partial charge in [-0.15, -0.1) is 6.42 Å². The van der Waals surface area contributed by atoms with Crippen molar-refractivity contribution < 1.29 is 14.7 Å². The fourth-order valence-electron chi connectivity index (χ4n) is 1.02. The molecule has 15 heavy (non-hydrogen) atoms. The minimum Gasteiger partial charge on any atom is -0.480 e. The van der Waals surface area contributed by atoms with Crippen LogP contribution in [0.15, 0.2) is 12.5 Å². The number of aromatic amines is 1. The Bertz CT molecular complexity index is 391. The number of nitrogens with zero attached hydrogens (tertiary/aromatic N) is 1. The standard InChI is InChI=1S/C9H9N3O3/c1-2-8(13)12-7(9(14)15)3-6-4-10-5-11-6/h1,4-5,7H,3H2,(H,10,11)(H,12,13)(H,14,15). The summed E-state index contributed by atoms with van der Waals surface area (Å²) < 4.78 is 0. The number of aliphatic carboxylic acids is 1. The SMILES string of the molecule is C#CC(=O)NC(Cc1cnc[nH]1)C(=O)O. The summed E-state index contributed by atoms with van der Waals surface area (Å²) in [4.78, 5) is 28.0. The maximum absolute atomic E-state index is 10.8. The molecule has 1 rings (SSSR count). The van der Waals surface area contributed by atoms with E-state index < -0.39 is 17.9 Å². The number of rotatable bonds is 4. The lowest BCUT2D eigenvalue weighted by Crippen LogP contribution is -2.41. The van der Waals surface area contributed by atoms with E-state index in [1.807, 2.05) is 0 Å². The van der Waals surface area contributed by atoms with Gasteiger partial charge in [0.05, 0.1) is 6.33 Å². The van der Waals surface area contributed by atoms with Crippen LogP contribution >= 0.6 is 0 Å². The zero-order valence-electron chi connectivity index (χ0n) is 7.73. The molecule has 3 N–H and O–H groups in total. The molecule has 6 nitrogen and oxygen atoms in total. The fourth-order valence-corrected chi connectivity index (χ4v) is 1.02. The maximum Gasteiger partial charge on any atom is 0.326 e. The van der Waals surface area contributed by atoms with Gasteiger partial charge in [0.1, 0.15) is 6.04 Å². The second-order valence-corrected chi connectivity index (χ2v) is 2.79. The molecular formula is C9H9N3O3. The van der Waals surface area contributed by atoms with E-state index in [4.69, 9.17) is 11.5 Å². The number of carboxylic acids is 1. The molecule has 1 heterocycles. The smallest absolute Gasteiger partial charge is 0.326 e. The number of nitrogens with one attached hydrogen (secondary N) is 2. The van der Waals surface area contributed by atoms with E-state index in [9.17, 15) is 9.59 Å². The predicted molar refractivity (Wildman–Crippen MR) is 50.7 cm³/mol. The number of carbonyl (C=O) groups is 2. The van der Waals surface area contributed by atoms with Gasteiger partial charge in [0.15, 0.2) is 0 Å². The summed E-state index contributed by atoms with van der Waals surface area (Å²) >= 11 is 0. The van der Waals surface area contributed by atoms with Crippen LogP contribution in [0.1, 0.15) is 5.69 Å². The van der Waals surface area contributed by atoms with E-state index in [-0.39, 0.29) is 6.42 Å². The molecule has 6 heteroatoms. The highest BCUT2D eigenvalue weighted by molar-refractivity contribution is 5.95. The van der Waals surface area contributed by atoms with Crippen LogP contribution in [0.4, 0.5) is 0 Å². The highest BCUT2D eigenvalue weighted by Crippen LogP contribution is 1.98. The Morgan fingerprint density at radius 2 is 2.47 bits per heavy atom. The molecule has 0 aromatic carbocycles. The molecule has 0 fully saturated rings. The van der Waals surface area contributed by atoms with Gasteiger partial charge < -0.3 is 15.4 Å². The molecule has 0 spiro atoms. The molecule has 1 amide bonds. The average molecular weight is 207 g/mol. The molecule has 1 aromatic rings. The number of terminal acetylenes is 1. The van der Waals surface area contributed by atoms with Crippen LogP contribution in [-0.2, 0) is 16.0 Å². The molecule has 0 aliphatic heterocycles. The lowest BCUT2D eigenvalue weighted by molar-refractivity contribution is -0.141. The molecule has 0 aliphatic rings. The van der Waals surface area contributed by atoms with E-state index in [0.29, 0.717) is 5.69 Å². The van der Waals surface area contributed by atoms with Crippen LogP contribution in [0, 0.1) is 12.3 Å². The molecule has 0 radical (unpaired) electrons. The van der Waals surface area contributed by atoms with Crippen molar-refractivity contribution in [3.05, 3.63) is 18.2 Å². The second kappa shape index (κ2) is 4.81. The van der Waals surface area contributed by atoms with Crippen LogP contribution in [-0.4, -0.2) is 33.0 Å².